The van der Waals surface area contributed by atoms with Crippen molar-refractivity contribution in [2.24, 2.45) is 0 Å². The zero-order valence-electron chi connectivity index (χ0n) is 13.1. The lowest BCUT2D eigenvalue weighted by Crippen LogP contribution is -2.32. The number of nitrogens with zero attached hydrogens (tertiary/aromatic N) is 1. The van der Waals surface area contributed by atoms with Gasteiger partial charge in [0.1, 0.15) is 5.60 Å². The molecule has 22 heavy (non-hydrogen) atoms. The van der Waals surface area contributed by atoms with Crippen molar-refractivity contribution in [1.82, 2.24) is 5.32 Å². The van der Waals surface area contributed by atoms with Crippen molar-refractivity contribution in [1.29, 1.82) is 0 Å². The Kier molecular flexibility index (Phi) is 5.01. The first kappa shape index (κ1) is 16.7. The summed E-state index contributed by atoms with van der Waals surface area (Å²) in [5, 5.41) is 2.80. The van der Waals surface area contributed by atoms with E-state index in [9.17, 15) is 9.59 Å². The third-order valence-electron chi connectivity index (χ3n) is 3.19. The van der Waals surface area contributed by atoms with Crippen molar-refractivity contribution in [3.05, 3.63) is 29.8 Å². The van der Waals surface area contributed by atoms with E-state index in [1.54, 1.807) is 4.90 Å². The Morgan fingerprint density at radius 1 is 1.36 bits per heavy atom. The van der Waals surface area contributed by atoms with Crippen LogP contribution in [0.4, 0.5) is 10.5 Å². The van der Waals surface area contributed by atoms with Crippen molar-refractivity contribution in [2.45, 2.75) is 44.6 Å². The van der Waals surface area contributed by atoms with Crippen molar-refractivity contribution in [3.8, 4) is 0 Å². The molecule has 1 heterocycles. The lowest BCUT2D eigenvalue weighted by molar-refractivity contribution is -0.117. The van der Waals surface area contributed by atoms with Gasteiger partial charge in [-0.2, -0.15) is 12.6 Å². The van der Waals surface area contributed by atoms with E-state index in [0.29, 0.717) is 19.5 Å². The summed E-state index contributed by atoms with van der Waals surface area (Å²) in [5.41, 5.74) is 1.30. The summed E-state index contributed by atoms with van der Waals surface area (Å²) in [7, 11) is 0. The van der Waals surface area contributed by atoms with Crippen molar-refractivity contribution in [3.63, 3.8) is 0 Å². The fraction of sp³-hybridized carbons (Fsp3) is 0.500. The van der Waals surface area contributed by atoms with E-state index in [1.165, 1.54) is 0 Å². The molecule has 1 aromatic rings. The van der Waals surface area contributed by atoms with Gasteiger partial charge in [0.2, 0.25) is 5.91 Å². The average Bonchev–Trinajstić information content (AvgIpc) is 2.74. The fourth-order valence-corrected chi connectivity index (χ4v) is 2.54. The normalized spacial score (nSPS) is 18.5. The van der Waals surface area contributed by atoms with Crippen molar-refractivity contribution < 1.29 is 14.3 Å². The molecular weight excluding hydrogens is 300 g/mol. The zero-order chi connectivity index (χ0) is 16.3. The molecule has 0 spiro atoms. The summed E-state index contributed by atoms with van der Waals surface area (Å²) in [6, 6.07) is 7.56. The second kappa shape index (κ2) is 6.60. The average molecular weight is 322 g/mol. The molecule has 0 aliphatic carbocycles. The Labute approximate surface area is 136 Å². The minimum Gasteiger partial charge on any atom is -0.444 e. The number of rotatable bonds is 3. The number of thiol groups is 1. The van der Waals surface area contributed by atoms with E-state index in [-0.39, 0.29) is 11.2 Å². The SMILES string of the molecule is CC(C)(C)OC(=O)NCc1ccc(N2CC(S)CC2=O)cc1. The molecule has 120 valence electrons. The number of carbonyl (C=O) groups excluding carboxylic acids is 2. The molecule has 1 unspecified atom stereocenters. The number of alkyl carbamates (subject to hydrolysis) is 1. The first-order valence-electron chi connectivity index (χ1n) is 7.29. The van der Waals surface area contributed by atoms with Crippen LogP contribution in [-0.4, -0.2) is 29.4 Å². The topological polar surface area (TPSA) is 58.6 Å². The number of benzene rings is 1. The second-order valence-corrected chi connectivity index (χ2v) is 7.11. The molecule has 0 saturated carbocycles. The summed E-state index contributed by atoms with van der Waals surface area (Å²) in [6.45, 7) is 6.49. The highest BCUT2D eigenvalue weighted by Crippen LogP contribution is 2.24. The van der Waals surface area contributed by atoms with Gasteiger partial charge >= 0.3 is 6.09 Å². The summed E-state index contributed by atoms with van der Waals surface area (Å²) in [6.07, 6.45) is 0.0367. The minimum absolute atomic E-state index is 0.0969. The van der Waals surface area contributed by atoms with Crippen molar-refractivity contribution in [2.75, 3.05) is 11.4 Å². The Hall–Kier alpha value is -1.69. The number of hydrogen-bond donors (Lipinski definition) is 2. The largest absolute Gasteiger partial charge is 0.444 e. The summed E-state index contributed by atoms with van der Waals surface area (Å²) >= 11 is 4.35. The molecule has 0 bridgehead atoms. The number of nitrogens with one attached hydrogen (secondary N) is 1. The van der Waals surface area contributed by atoms with Gasteiger partial charge in [0.15, 0.2) is 0 Å². The van der Waals surface area contributed by atoms with Crippen LogP contribution in [0.3, 0.4) is 0 Å². The maximum absolute atomic E-state index is 11.8. The van der Waals surface area contributed by atoms with E-state index >= 15 is 0 Å². The first-order chi connectivity index (χ1) is 10.2. The molecule has 1 aliphatic heterocycles. The molecule has 0 radical (unpaired) electrons. The van der Waals surface area contributed by atoms with Gasteiger partial charge < -0.3 is 15.0 Å². The predicted octanol–water partition coefficient (Wildman–Crippen LogP) is 2.75. The summed E-state index contributed by atoms with van der Waals surface area (Å²) in [4.78, 5) is 25.2. The molecular formula is C16H22N2O3S. The molecule has 1 saturated heterocycles. The maximum atomic E-state index is 11.8. The van der Waals surface area contributed by atoms with E-state index in [4.69, 9.17) is 4.74 Å². The number of hydrogen-bond acceptors (Lipinski definition) is 4. The zero-order valence-corrected chi connectivity index (χ0v) is 14.0. The summed E-state index contributed by atoms with van der Waals surface area (Å²) < 4.78 is 5.18. The second-order valence-electron chi connectivity index (χ2n) is 6.38. The molecule has 1 fully saturated rings. The predicted molar refractivity (Wildman–Crippen MR) is 89.3 cm³/mol. The van der Waals surface area contributed by atoms with E-state index < -0.39 is 11.7 Å². The van der Waals surface area contributed by atoms with Crippen LogP contribution >= 0.6 is 12.6 Å². The van der Waals surface area contributed by atoms with Gasteiger partial charge in [-0.15, -0.1) is 0 Å². The maximum Gasteiger partial charge on any atom is 0.407 e. The Morgan fingerprint density at radius 3 is 2.50 bits per heavy atom. The smallest absolute Gasteiger partial charge is 0.407 e. The molecule has 2 rings (SSSR count). The highest BCUT2D eigenvalue weighted by Gasteiger charge is 2.28. The van der Waals surface area contributed by atoms with Crippen LogP contribution in [0.5, 0.6) is 0 Å². The van der Waals surface area contributed by atoms with Crippen LogP contribution in [0.15, 0.2) is 24.3 Å². The van der Waals surface area contributed by atoms with Gasteiger partial charge in [-0.3, -0.25) is 4.79 Å². The van der Waals surface area contributed by atoms with Gasteiger partial charge in [-0.05, 0) is 38.5 Å². The van der Waals surface area contributed by atoms with Crippen LogP contribution in [-0.2, 0) is 16.1 Å². The molecule has 1 N–H and O–H groups in total. The number of anilines is 1. The third kappa shape index (κ3) is 4.66. The third-order valence-corrected chi connectivity index (χ3v) is 3.53. The monoisotopic (exact) mass is 322 g/mol. The minimum atomic E-state index is -0.506. The van der Waals surface area contributed by atoms with Crippen molar-refractivity contribution >= 4 is 30.3 Å². The standard InChI is InChI=1S/C16H22N2O3S/c1-16(2,3)21-15(20)17-9-11-4-6-12(7-5-11)18-10-13(22)8-14(18)19/h4-7,13,22H,8-10H2,1-3H3,(H,17,20). The lowest BCUT2D eigenvalue weighted by Gasteiger charge is -2.20. The first-order valence-corrected chi connectivity index (χ1v) is 7.80. The van der Waals surface area contributed by atoms with Crippen LogP contribution in [0.2, 0.25) is 0 Å². The van der Waals surface area contributed by atoms with Gasteiger partial charge in [-0.1, -0.05) is 12.1 Å². The Morgan fingerprint density at radius 2 is 2.00 bits per heavy atom. The molecule has 1 aliphatic rings. The molecule has 5 nitrogen and oxygen atoms in total. The van der Waals surface area contributed by atoms with E-state index in [1.807, 2.05) is 45.0 Å². The van der Waals surface area contributed by atoms with Crippen LogP contribution in [0, 0.1) is 0 Å². The molecule has 6 heteroatoms. The van der Waals surface area contributed by atoms with Gasteiger partial charge in [0, 0.05) is 30.4 Å². The van der Waals surface area contributed by atoms with Crippen LogP contribution in [0.25, 0.3) is 0 Å². The van der Waals surface area contributed by atoms with Gasteiger partial charge in [-0.25, -0.2) is 4.79 Å². The Bertz CT molecular complexity index is 552. The van der Waals surface area contributed by atoms with Gasteiger partial charge in [0.25, 0.3) is 0 Å². The number of amides is 2. The number of carbonyl (C=O) groups is 2. The van der Waals surface area contributed by atoms with E-state index in [0.717, 1.165) is 11.3 Å². The van der Waals surface area contributed by atoms with Gasteiger partial charge in [0.05, 0.1) is 0 Å². The fourth-order valence-electron chi connectivity index (χ4n) is 2.22. The van der Waals surface area contributed by atoms with Crippen LogP contribution < -0.4 is 10.2 Å². The molecule has 1 atom stereocenters. The van der Waals surface area contributed by atoms with E-state index in [2.05, 4.69) is 17.9 Å². The molecule has 2 amide bonds. The molecule has 1 aromatic carbocycles. The molecule has 0 aromatic heterocycles. The highest BCUT2D eigenvalue weighted by atomic mass is 32.1. The summed E-state index contributed by atoms with van der Waals surface area (Å²) in [5.74, 6) is 0.0969. The quantitative estimate of drug-likeness (QED) is 0.841. The highest BCUT2D eigenvalue weighted by molar-refractivity contribution is 7.81. The number of ether oxygens (including phenoxy) is 1. The lowest BCUT2D eigenvalue weighted by atomic mass is 10.2. The van der Waals surface area contributed by atoms with Crippen LogP contribution in [0.1, 0.15) is 32.8 Å². The Balaban J connectivity index is 1.90.